The third kappa shape index (κ3) is 5.25. The summed E-state index contributed by atoms with van der Waals surface area (Å²) in [5.74, 6) is -0.798. The minimum atomic E-state index is -1.10. The van der Waals surface area contributed by atoms with Gasteiger partial charge in [0.1, 0.15) is 12.2 Å². The Morgan fingerprint density at radius 3 is 2.46 bits per heavy atom. The van der Waals surface area contributed by atoms with Crippen LogP contribution in [0.2, 0.25) is 0 Å². The van der Waals surface area contributed by atoms with Crippen LogP contribution in [0.25, 0.3) is 0 Å². The Labute approximate surface area is 150 Å². The van der Waals surface area contributed by atoms with Gasteiger partial charge < -0.3 is 14.7 Å². The number of hydrogen-bond donors (Lipinski definition) is 2. The molecule has 142 valence electrons. The predicted molar refractivity (Wildman–Crippen MR) is 88.9 cm³/mol. The second-order valence-electron chi connectivity index (χ2n) is 6.99. The standard InChI is InChI=1S/C17H22N2O7/c1-17(2,3)26-16(22)18-9-14(20)8-13(18)10-25-15(21)11-4-6-12(7-5-11)19(23)24/h4-7,13,19,23H,8-10H2,1-3H3/t13-/m0/s1. The minimum Gasteiger partial charge on any atom is -0.595 e. The van der Waals surface area contributed by atoms with Gasteiger partial charge in [-0.05, 0) is 32.9 Å². The van der Waals surface area contributed by atoms with Crippen LogP contribution in [-0.2, 0) is 14.3 Å². The number of carbonyl (C=O) groups is 3. The fourth-order valence-corrected chi connectivity index (χ4v) is 2.44. The number of rotatable bonds is 4. The Hall–Kier alpha value is -2.49. The molecule has 0 radical (unpaired) electrons. The summed E-state index contributed by atoms with van der Waals surface area (Å²) >= 11 is 0. The molecule has 26 heavy (non-hydrogen) atoms. The average Bonchev–Trinajstić information content (AvgIpc) is 2.92. The first kappa shape index (κ1) is 19.8. The molecule has 1 unspecified atom stereocenters. The first-order valence-electron chi connectivity index (χ1n) is 8.08. The van der Waals surface area contributed by atoms with Crippen LogP contribution < -0.4 is 5.23 Å². The predicted octanol–water partition coefficient (Wildman–Crippen LogP) is 0.825. The summed E-state index contributed by atoms with van der Waals surface area (Å²) < 4.78 is 10.4. The van der Waals surface area contributed by atoms with E-state index in [0.717, 1.165) is 0 Å². The van der Waals surface area contributed by atoms with Crippen LogP contribution >= 0.6 is 0 Å². The first-order chi connectivity index (χ1) is 12.1. The normalized spacial score (nSPS) is 18.6. The lowest BCUT2D eigenvalue weighted by Gasteiger charge is -2.27. The van der Waals surface area contributed by atoms with E-state index in [2.05, 4.69) is 0 Å². The SMILES string of the molecule is CC(C)(C)OC(=O)N1CC(=O)C[C@H]1COC(=O)c1ccc([NH+]([O-])O)cc1. The number of amides is 1. The number of hydrogen-bond acceptors (Lipinski definition) is 7. The molecular weight excluding hydrogens is 344 g/mol. The number of carbonyl (C=O) groups excluding carboxylic acids is 3. The summed E-state index contributed by atoms with van der Waals surface area (Å²) in [4.78, 5) is 37.2. The van der Waals surface area contributed by atoms with Gasteiger partial charge >= 0.3 is 12.1 Å². The van der Waals surface area contributed by atoms with Crippen molar-refractivity contribution < 1.29 is 34.3 Å². The van der Waals surface area contributed by atoms with Gasteiger partial charge in [-0.2, -0.15) is 5.23 Å². The third-order valence-corrected chi connectivity index (χ3v) is 3.65. The Balaban J connectivity index is 1.96. The van der Waals surface area contributed by atoms with Crippen molar-refractivity contribution in [1.82, 2.24) is 4.90 Å². The van der Waals surface area contributed by atoms with Gasteiger partial charge in [0, 0.05) is 18.6 Å². The van der Waals surface area contributed by atoms with Gasteiger partial charge in [-0.25, -0.2) is 14.8 Å². The summed E-state index contributed by atoms with van der Waals surface area (Å²) in [5.41, 5.74) is -0.460. The van der Waals surface area contributed by atoms with Crippen molar-refractivity contribution in [1.29, 1.82) is 0 Å². The van der Waals surface area contributed by atoms with Crippen molar-refractivity contribution >= 4 is 23.5 Å². The van der Waals surface area contributed by atoms with E-state index >= 15 is 0 Å². The van der Waals surface area contributed by atoms with Crippen molar-refractivity contribution in [2.75, 3.05) is 13.2 Å². The fourth-order valence-electron chi connectivity index (χ4n) is 2.44. The first-order valence-corrected chi connectivity index (χ1v) is 8.08. The van der Waals surface area contributed by atoms with Crippen LogP contribution in [0, 0.1) is 5.21 Å². The van der Waals surface area contributed by atoms with E-state index in [4.69, 9.17) is 14.7 Å². The molecule has 0 saturated carbocycles. The molecule has 9 heteroatoms. The summed E-state index contributed by atoms with van der Waals surface area (Å²) in [7, 11) is 0. The molecule has 1 aliphatic rings. The van der Waals surface area contributed by atoms with Crippen LogP contribution in [0.4, 0.5) is 10.5 Å². The van der Waals surface area contributed by atoms with Gasteiger partial charge in [-0.1, -0.05) is 0 Å². The summed E-state index contributed by atoms with van der Waals surface area (Å²) in [5, 5.41) is 18.6. The van der Waals surface area contributed by atoms with E-state index in [9.17, 15) is 19.6 Å². The van der Waals surface area contributed by atoms with Gasteiger partial charge in [-0.3, -0.25) is 9.69 Å². The molecule has 0 aromatic heterocycles. The fraction of sp³-hybridized carbons (Fsp3) is 0.471. The van der Waals surface area contributed by atoms with Crippen molar-refractivity contribution in [3.63, 3.8) is 0 Å². The molecule has 1 fully saturated rings. The smallest absolute Gasteiger partial charge is 0.411 e. The van der Waals surface area contributed by atoms with Gasteiger partial charge in [0.15, 0.2) is 11.5 Å². The van der Waals surface area contributed by atoms with E-state index in [0.29, 0.717) is 0 Å². The number of nitrogens with one attached hydrogen (secondary N) is 1. The van der Waals surface area contributed by atoms with E-state index in [1.54, 1.807) is 20.8 Å². The van der Waals surface area contributed by atoms with Crippen LogP contribution in [0.1, 0.15) is 37.6 Å². The topological polar surface area (TPSA) is 121 Å². The zero-order valence-corrected chi connectivity index (χ0v) is 14.9. The molecule has 2 rings (SSSR count). The molecule has 1 aliphatic heterocycles. The highest BCUT2D eigenvalue weighted by atomic mass is 16.8. The van der Waals surface area contributed by atoms with Crippen molar-refractivity contribution in [3.8, 4) is 0 Å². The minimum absolute atomic E-state index is 0.0547. The van der Waals surface area contributed by atoms with E-state index in [1.807, 2.05) is 0 Å². The van der Waals surface area contributed by atoms with Gasteiger partial charge in [0.25, 0.3) is 0 Å². The highest BCUT2D eigenvalue weighted by molar-refractivity contribution is 5.90. The van der Waals surface area contributed by atoms with Crippen LogP contribution in [0.3, 0.4) is 0 Å². The maximum atomic E-state index is 12.2. The van der Waals surface area contributed by atoms with Crippen LogP contribution in [-0.4, -0.2) is 52.7 Å². The Morgan fingerprint density at radius 1 is 1.31 bits per heavy atom. The quantitative estimate of drug-likeness (QED) is 0.598. The molecule has 1 heterocycles. The Morgan fingerprint density at radius 2 is 1.92 bits per heavy atom. The zero-order valence-electron chi connectivity index (χ0n) is 14.9. The number of ether oxygens (including phenoxy) is 2. The second-order valence-corrected chi connectivity index (χ2v) is 6.99. The number of ketones is 1. The Kier molecular flexibility index (Phi) is 5.96. The molecule has 0 spiro atoms. The number of nitrogens with zero attached hydrogens (tertiary/aromatic N) is 1. The largest absolute Gasteiger partial charge is 0.595 e. The molecule has 1 aromatic rings. The molecule has 2 N–H and O–H groups in total. The van der Waals surface area contributed by atoms with Crippen LogP contribution in [0.15, 0.2) is 24.3 Å². The number of Topliss-reactive ketones (excluding diaryl/α,β-unsaturated/α-hetero) is 1. The van der Waals surface area contributed by atoms with Crippen LogP contribution in [0.5, 0.6) is 0 Å². The zero-order chi connectivity index (χ0) is 19.5. The van der Waals surface area contributed by atoms with Crippen molar-refractivity contribution in [3.05, 3.63) is 35.0 Å². The van der Waals surface area contributed by atoms with E-state index in [1.165, 1.54) is 29.2 Å². The number of quaternary nitrogens is 1. The molecule has 1 aromatic carbocycles. The molecule has 0 aliphatic carbocycles. The number of likely N-dealkylation sites (tertiary alicyclic amines) is 1. The Bertz CT molecular complexity index is 679. The van der Waals surface area contributed by atoms with Gasteiger partial charge in [0.2, 0.25) is 0 Å². The molecule has 2 atom stereocenters. The van der Waals surface area contributed by atoms with Crippen molar-refractivity contribution in [2.45, 2.75) is 38.8 Å². The highest BCUT2D eigenvalue weighted by Gasteiger charge is 2.37. The molecule has 0 bridgehead atoms. The average molecular weight is 366 g/mol. The summed E-state index contributed by atoms with van der Waals surface area (Å²) in [6.07, 6.45) is -0.542. The summed E-state index contributed by atoms with van der Waals surface area (Å²) in [6.45, 7) is 4.94. The lowest BCUT2D eigenvalue weighted by atomic mass is 10.2. The molecule has 9 nitrogen and oxygen atoms in total. The second kappa shape index (κ2) is 7.81. The number of benzene rings is 1. The highest BCUT2D eigenvalue weighted by Crippen LogP contribution is 2.20. The maximum Gasteiger partial charge on any atom is 0.411 e. The molecule has 1 amide bonds. The third-order valence-electron chi connectivity index (χ3n) is 3.65. The lowest BCUT2D eigenvalue weighted by molar-refractivity contribution is -0.991. The lowest BCUT2D eigenvalue weighted by Crippen LogP contribution is -2.99. The van der Waals surface area contributed by atoms with E-state index in [-0.39, 0.29) is 36.6 Å². The monoisotopic (exact) mass is 366 g/mol. The molecular formula is C17H22N2O7. The van der Waals surface area contributed by atoms with Gasteiger partial charge in [-0.15, -0.1) is 0 Å². The number of esters is 1. The van der Waals surface area contributed by atoms with Crippen molar-refractivity contribution in [2.24, 2.45) is 0 Å². The summed E-state index contributed by atoms with van der Waals surface area (Å²) in [6, 6.07) is 4.70. The van der Waals surface area contributed by atoms with Gasteiger partial charge in [0.05, 0.1) is 18.2 Å². The van der Waals surface area contributed by atoms with E-state index < -0.39 is 28.9 Å². The maximum absolute atomic E-state index is 12.2. The molecule has 1 saturated heterocycles.